The molecule has 5 nitrogen and oxygen atoms in total. The van der Waals surface area contributed by atoms with Crippen LogP contribution in [0.15, 0.2) is 46.1 Å². The Labute approximate surface area is 167 Å². The standard InChI is InChI=1S/C16H12N2OS2.C4H10N2/c1-10(19)12-5-3-4-6-13(12)15-7-11(8-20-15)14-9-21-16(17-2)18-14;1-2-5-4-6-3-1/h3-9H,2H2,1H3;5-6H,1-4H2. The lowest BCUT2D eigenvalue weighted by Gasteiger charge is -2.11. The van der Waals surface area contributed by atoms with E-state index in [1.165, 1.54) is 30.8 Å². The number of thiazole rings is 1. The molecule has 0 amide bonds. The van der Waals surface area contributed by atoms with E-state index in [2.05, 4.69) is 33.4 Å². The first-order valence-electron chi connectivity index (χ1n) is 8.72. The van der Waals surface area contributed by atoms with Gasteiger partial charge in [0.25, 0.3) is 0 Å². The fourth-order valence-electron chi connectivity index (χ4n) is 2.69. The number of ketones is 1. The summed E-state index contributed by atoms with van der Waals surface area (Å²) in [5.74, 6) is 0.0763. The highest BCUT2D eigenvalue weighted by atomic mass is 32.1. The van der Waals surface area contributed by atoms with E-state index in [1.807, 2.05) is 35.0 Å². The minimum Gasteiger partial charge on any atom is -0.304 e. The molecule has 0 saturated carbocycles. The van der Waals surface area contributed by atoms with Crippen LogP contribution >= 0.6 is 22.7 Å². The molecule has 0 atom stereocenters. The van der Waals surface area contributed by atoms with Gasteiger partial charge in [-0.2, -0.15) is 0 Å². The van der Waals surface area contributed by atoms with Gasteiger partial charge in [-0.05, 0) is 39.2 Å². The third kappa shape index (κ3) is 5.17. The number of hydrogen-bond donors (Lipinski definition) is 2. The number of aliphatic imine (C=N–C) groups is 1. The van der Waals surface area contributed by atoms with Crippen molar-refractivity contribution in [2.24, 2.45) is 4.99 Å². The van der Waals surface area contributed by atoms with Gasteiger partial charge >= 0.3 is 0 Å². The Morgan fingerprint density at radius 1 is 1.19 bits per heavy atom. The summed E-state index contributed by atoms with van der Waals surface area (Å²) in [4.78, 5) is 21.0. The normalized spacial score (nSPS) is 13.5. The number of benzene rings is 1. The molecule has 1 aromatic carbocycles. The fraction of sp³-hybridized carbons (Fsp3) is 0.250. The second-order valence-corrected chi connectivity index (χ2v) is 7.75. The van der Waals surface area contributed by atoms with Crippen LogP contribution in [-0.2, 0) is 0 Å². The predicted octanol–water partition coefficient (Wildman–Crippen LogP) is 4.60. The van der Waals surface area contributed by atoms with Gasteiger partial charge < -0.3 is 10.6 Å². The highest BCUT2D eigenvalue weighted by molar-refractivity contribution is 7.14. The zero-order valence-corrected chi connectivity index (χ0v) is 16.8. The van der Waals surface area contributed by atoms with Gasteiger partial charge in [0, 0.05) is 39.0 Å². The molecule has 140 valence electrons. The van der Waals surface area contributed by atoms with Crippen molar-refractivity contribution in [3.63, 3.8) is 0 Å². The molecule has 0 spiro atoms. The van der Waals surface area contributed by atoms with E-state index in [-0.39, 0.29) is 5.78 Å². The maximum absolute atomic E-state index is 11.7. The van der Waals surface area contributed by atoms with Crippen molar-refractivity contribution in [3.05, 3.63) is 46.7 Å². The van der Waals surface area contributed by atoms with Crippen LogP contribution in [0.25, 0.3) is 21.7 Å². The smallest absolute Gasteiger partial charge is 0.209 e. The van der Waals surface area contributed by atoms with Crippen LogP contribution in [0.3, 0.4) is 0 Å². The molecule has 3 aromatic rings. The van der Waals surface area contributed by atoms with Crippen LogP contribution < -0.4 is 10.6 Å². The molecule has 3 heterocycles. The van der Waals surface area contributed by atoms with Crippen molar-refractivity contribution in [2.45, 2.75) is 13.3 Å². The zero-order chi connectivity index (χ0) is 19.1. The number of rotatable bonds is 4. The monoisotopic (exact) mass is 398 g/mol. The number of aromatic nitrogens is 1. The molecule has 0 bridgehead atoms. The van der Waals surface area contributed by atoms with Crippen LogP contribution in [0.1, 0.15) is 23.7 Å². The molecular formula is C20H22N4OS2. The minimum atomic E-state index is 0.0763. The molecular weight excluding hydrogens is 376 g/mol. The molecule has 27 heavy (non-hydrogen) atoms. The first-order chi connectivity index (χ1) is 13.2. The average molecular weight is 399 g/mol. The van der Waals surface area contributed by atoms with E-state index < -0.39 is 0 Å². The number of carbonyl (C=O) groups excluding carboxylic acids is 1. The van der Waals surface area contributed by atoms with E-state index in [9.17, 15) is 4.79 Å². The number of hydrogen-bond acceptors (Lipinski definition) is 7. The maximum atomic E-state index is 11.7. The summed E-state index contributed by atoms with van der Waals surface area (Å²) in [5.41, 5.74) is 3.65. The van der Waals surface area contributed by atoms with Gasteiger partial charge in [-0.1, -0.05) is 24.3 Å². The Balaban J connectivity index is 0.000000299. The largest absolute Gasteiger partial charge is 0.304 e. The van der Waals surface area contributed by atoms with Crippen LogP contribution in [-0.4, -0.2) is 37.2 Å². The van der Waals surface area contributed by atoms with Crippen molar-refractivity contribution in [1.29, 1.82) is 0 Å². The molecule has 1 aliphatic rings. The average Bonchev–Trinajstić information content (AvgIpc) is 3.39. The molecule has 0 unspecified atom stereocenters. The van der Waals surface area contributed by atoms with Crippen molar-refractivity contribution in [3.8, 4) is 21.7 Å². The van der Waals surface area contributed by atoms with Gasteiger partial charge in [-0.15, -0.1) is 22.7 Å². The topological polar surface area (TPSA) is 66.4 Å². The lowest BCUT2D eigenvalue weighted by atomic mass is 10.0. The second-order valence-electron chi connectivity index (χ2n) is 6.01. The molecule has 2 aromatic heterocycles. The molecule has 0 aliphatic carbocycles. The van der Waals surface area contributed by atoms with Crippen LogP contribution in [0.5, 0.6) is 0 Å². The van der Waals surface area contributed by atoms with E-state index in [4.69, 9.17) is 0 Å². The van der Waals surface area contributed by atoms with Gasteiger partial charge in [0.15, 0.2) is 5.78 Å². The van der Waals surface area contributed by atoms with Gasteiger partial charge in [0.05, 0.1) is 5.69 Å². The Bertz CT molecular complexity index is 901. The van der Waals surface area contributed by atoms with E-state index in [1.54, 1.807) is 18.3 Å². The summed E-state index contributed by atoms with van der Waals surface area (Å²) in [5, 5.41) is 11.0. The first-order valence-corrected chi connectivity index (χ1v) is 10.5. The summed E-state index contributed by atoms with van der Waals surface area (Å²) in [7, 11) is 0. The van der Waals surface area contributed by atoms with Gasteiger partial charge in [0.1, 0.15) is 0 Å². The molecule has 1 fully saturated rings. The molecule has 1 saturated heterocycles. The van der Waals surface area contributed by atoms with E-state index >= 15 is 0 Å². The molecule has 4 rings (SSSR count). The highest BCUT2D eigenvalue weighted by Crippen LogP contribution is 2.35. The fourth-order valence-corrected chi connectivity index (χ4v) is 4.26. The van der Waals surface area contributed by atoms with E-state index in [0.29, 0.717) is 5.13 Å². The number of Topliss-reactive ketones (excluding diaryl/α,β-unsaturated/α-hetero) is 1. The van der Waals surface area contributed by atoms with Crippen LogP contribution in [0, 0.1) is 0 Å². The van der Waals surface area contributed by atoms with Gasteiger partial charge in [-0.25, -0.2) is 9.98 Å². The minimum absolute atomic E-state index is 0.0763. The Kier molecular flexibility index (Phi) is 7.00. The predicted molar refractivity (Wildman–Crippen MR) is 116 cm³/mol. The number of thiophene rings is 1. The molecule has 1 aliphatic heterocycles. The van der Waals surface area contributed by atoms with E-state index in [0.717, 1.165) is 33.9 Å². The maximum Gasteiger partial charge on any atom is 0.209 e. The van der Waals surface area contributed by atoms with Crippen LogP contribution in [0.4, 0.5) is 5.13 Å². The van der Waals surface area contributed by atoms with Crippen molar-refractivity contribution in [1.82, 2.24) is 15.6 Å². The van der Waals surface area contributed by atoms with Gasteiger partial charge in [-0.3, -0.25) is 4.79 Å². The van der Waals surface area contributed by atoms with Crippen molar-refractivity contribution < 1.29 is 4.79 Å². The Hall–Kier alpha value is -2.19. The highest BCUT2D eigenvalue weighted by Gasteiger charge is 2.12. The van der Waals surface area contributed by atoms with Crippen molar-refractivity contribution >= 4 is 40.3 Å². The quantitative estimate of drug-likeness (QED) is 0.498. The summed E-state index contributed by atoms with van der Waals surface area (Å²) in [6.45, 7) is 8.45. The third-order valence-electron chi connectivity index (χ3n) is 4.05. The lowest BCUT2D eigenvalue weighted by Crippen LogP contribution is -2.37. The summed E-state index contributed by atoms with van der Waals surface area (Å²) in [6, 6.07) is 9.74. The first kappa shape index (κ1) is 19.6. The third-order valence-corrected chi connectivity index (χ3v) is 5.79. The lowest BCUT2D eigenvalue weighted by molar-refractivity contribution is 0.101. The van der Waals surface area contributed by atoms with Crippen molar-refractivity contribution in [2.75, 3.05) is 19.8 Å². The Morgan fingerprint density at radius 2 is 1.96 bits per heavy atom. The zero-order valence-electron chi connectivity index (χ0n) is 15.2. The number of nitrogens with one attached hydrogen (secondary N) is 2. The summed E-state index contributed by atoms with van der Waals surface area (Å²) >= 11 is 3.08. The SMILES string of the molecule is C1CNCNC1.C=Nc1nc(-c2csc(-c3ccccc3C(C)=O)c2)cs1. The number of nitrogens with zero attached hydrogens (tertiary/aromatic N) is 2. The second kappa shape index (κ2) is 9.66. The van der Waals surface area contributed by atoms with Crippen LogP contribution in [0.2, 0.25) is 0 Å². The number of carbonyl (C=O) groups is 1. The molecule has 0 radical (unpaired) electrons. The molecule has 2 N–H and O–H groups in total. The molecule has 7 heteroatoms. The Morgan fingerprint density at radius 3 is 2.56 bits per heavy atom. The van der Waals surface area contributed by atoms with Gasteiger partial charge in [0.2, 0.25) is 5.13 Å². The summed E-state index contributed by atoms with van der Waals surface area (Å²) in [6.07, 6.45) is 1.28. The summed E-state index contributed by atoms with van der Waals surface area (Å²) < 4.78 is 0.